The number of hydrogen-bond acceptors (Lipinski definition) is 5. The smallest absolute Gasteiger partial charge is 0.272 e. The summed E-state index contributed by atoms with van der Waals surface area (Å²) < 4.78 is 13.5. The summed E-state index contributed by atoms with van der Waals surface area (Å²) in [6, 6.07) is 6.40. The SMILES string of the molecule is CCN(CC)C(=O)c1ccc(NC(=O)c2ccc(N=O)c(F)c2)cn1. The number of nitrogens with zero attached hydrogens (tertiary/aromatic N) is 3. The van der Waals surface area contributed by atoms with Crippen LogP contribution in [0.3, 0.4) is 0 Å². The lowest BCUT2D eigenvalue weighted by molar-refractivity contribution is 0.0767. The quantitative estimate of drug-likeness (QED) is 0.813. The van der Waals surface area contributed by atoms with Crippen molar-refractivity contribution in [3.05, 3.63) is 58.5 Å². The minimum Gasteiger partial charge on any atom is -0.338 e. The molecule has 1 heterocycles. The van der Waals surface area contributed by atoms with E-state index in [0.29, 0.717) is 18.8 Å². The maximum Gasteiger partial charge on any atom is 0.272 e. The second-order valence-corrected chi connectivity index (χ2v) is 5.12. The summed E-state index contributed by atoms with van der Waals surface area (Å²) in [5.74, 6) is -1.64. The fraction of sp³-hybridized carbons (Fsp3) is 0.235. The highest BCUT2D eigenvalue weighted by Crippen LogP contribution is 2.19. The zero-order chi connectivity index (χ0) is 18.4. The molecule has 0 saturated heterocycles. The number of hydrogen-bond donors (Lipinski definition) is 1. The standard InChI is InChI=1S/C17H17FN4O3/c1-3-22(4-2)17(24)15-8-6-12(10-19-15)20-16(23)11-5-7-14(21-25)13(18)9-11/h5-10H,3-4H2,1-2H3,(H,20,23). The van der Waals surface area contributed by atoms with Gasteiger partial charge < -0.3 is 10.2 Å². The molecule has 0 radical (unpaired) electrons. The summed E-state index contributed by atoms with van der Waals surface area (Å²) >= 11 is 0. The molecular weight excluding hydrogens is 327 g/mol. The number of rotatable bonds is 6. The Kier molecular flexibility index (Phi) is 5.89. The Bertz CT molecular complexity index is 789. The van der Waals surface area contributed by atoms with Gasteiger partial charge in [0.2, 0.25) is 0 Å². The van der Waals surface area contributed by atoms with Gasteiger partial charge in [0.05, 0.1) is 11.9 Å². The van der Waals surface area contributed by atoms with Gasteiger partial charge in [0.15, 0.2) is 5.82 Å². The van der Waals surface area contributed by atoms with E-state index < -0.39 is 11.7 Å². The molecule has 0 bridgehead atoms. The van der Waals surface area contributed by atoms with Gasteiger partial charge in [-0.1, -0.05) is 0 Å². The predicted molar refractivity (Wildman–Crippen MR) is 91.3 cm³/mol. The molecule has 1 N–H and O–H groups in total. The molecule has 0 aliphatic heterocycles. The molecule has 0 aliphatic rings. The van der Waals surface area contributed by atoms with Crippen LogP contribution in [0.1, 0.15) is 34.7 Å². The number of pyridine rings is 1. The number of nitrogens with one attached hydrogen (secondary N) is 1. The lowest BCUT2D eigenvalue weighted by Gasteiger charge is -2.17. The molecule has 130 valence electrons. The summed E-state index contributed by atoms with van der Waals surface area (Å²) in [7, 11) is 0. The van der Waals surface area contributed by atoms with E-state index in [1.165, 1.54) is 18.3 Å². The molecule has 0 spiro atoms. The summed E-state index contributed by atoms with van der Waals surface area (Å²) in [6.07, 6.45) is 1.35. The van der Waals surface area contributed by atoms with Gasteiger partial charge in [-0.2, -0.15) is 0 Å². The number of amides is 2. The van der Waals surface area contributed by atoms with Crippen molar-refractivity contribution >= 4 is 23.2 Å². The Morgan fingerprint density at radius 3 is 2.44 bits per heavy atom. The van der Waals surface area contributed by atoms with Crippen LogP contribution in [0.15, 0.2) is 41.7 Å². The van der Waals surface area contributed by atoms with Gasteiger partial charge in [0, 0.05) is 18.7 Å². The molecule has 1 aromatic heterocycles. The highest BCUT2D eigenvalue weighted by molar-refractivity contribution is 6.04. The normalized spacial score (nSPS) is 10.2. The molecule has 2 amide bonds. The number of halogens is 1. The molecular formula is C17H17FN4O3. The third kappa shape index (κ3) is 4.23. The average Bonchev–Trinajstić information content (AvgIpc) is 2.63. The Balaban J connectivity index is 2.10. The van der Waals surface area contributed by atoms with E-state index in [4.69, 9.17) is 0 Å². The second-order valence-electron chi connectivity index (χ2n) is 5.12. The number of carbonyl (C=O) groups excluding carboxylic acids is 2. The lowest BCUT2D eigenvalue weighted by atomic mass is 10.2. The van der Waals surface area contributed by atoms with Gasteiger partial charge in [-0.25, -0.2) is 9.37 Å². The van der Waals surface area contributed by atoms with Gasteiger partial charge in [-0.15, -0.1) is 4.91 Å². The first-order valence-electron chi connectivity index (χ1n) is 7.69. The molecule has 1 aromatic carbocycles. The molecule has 0 unspecified atom stereocenters. The van der Waals surface area contributed by atoms with Crippen LogP contribution < -0.4 is 5.32 Å². The Labute approximate surface area is 143 Å². The molecule has 0 fully saturated rings. The van der Waals surface area contributed by atoms with Gasteiger partial charge in [-0.3, -0.25) is 9.59 Å². The number of nitroso groups, excluding NO2 is 1. The van der Waals surface area contributed by atoms with Crippen LogP contribution in [0.5, 0.6) is 0 Å². The van der Waals surface area contributed by atoms with E-state index >= 15 is 0 Å². The molecule has 2 aromatic rings. The zero-order valence-electron chi connectivity index (χ0n) is 13.8. The van der Waals surface area contributed by atoms with E-state index in [9.17, 15) is 18.9 Å². The van der Waals surface area contributed by atoms with E-state index in [0.717, 1.165) is 12.1 Å². The van der Waals surface area contributed by atoms with Crippen LogP contribution in [-0.2, 0) is 0 Å². The van der Waals surface area contributed by atoms with Crippen LogP contribution in [0.4, 0.5) is 15.8 Å². The molecule has 0 saturated carbocycles. The highest BCUT2D eigenvalue weighted by atomic mass is 19.1. The lowest BCUT2D eigenvalue weighted by Crippen LogP contribution is -2.31. The number of benzene rings is 1. The van der Waals surface area contributed by atoms with E-state index in [2.05, 4.69) is 15.5 Å². The van der Waals surface area contributed by atoms with Crippen LogP contribution in [-0.4, -0.2) is 34.8 Å². The topological polar surface area (TPSA) is 91.7 Å². The van der Waals surface area contributed by atoms with Gasteiger partial charge >= 0.3 is 0 Å². The maximum atomic E-state index is 13.5. The van der Waals surface area contributed by atoms with E-state index in [-0.39, 0.29) is 22.9 Å². The van der Waals surface area contributed by atoms with Crippen molar-refractivity contribution in [1.29, 1.82) is 0 Å². The first kappa shape index (κ1) is 18.2. The Morgan fingerprint density at radius 2 is 1.92 bits per heavy atom. The second kappa shape index (κ2) is 8.09. The fourth-order valence-corrected chi connectivity index (χ4v) is 2.19. The van der Waals surface area contributed by atoms with Crippen molar-refractivity contribution in [2.75, 3.05) is 18.4 Å². The Morgan fingerprint density at radius 1 is 1.20 bits per heavy atom. The third-order valence-electron chi connectivity index (χ3n) is 3.60. The average molecular weight is 344 g/mol. The Hall–Kier alpha value is -3.16. The first-order valence-corrected chi connectivity index (χ1v) is 7.69. The van der Waals surface area contributed by atoms with Crippen molar-refractivity contribution in [3.8, 4) is 0 Å². The number of anilines is 1. The summed E-state index contributed by atoms with van der Waals surface area (Å²) in [4.78, 5) is 40.3. The monoisotopic (exact) mass is 344 g/mol. The fourth-order valence-electron chi connectivity index (χ4n) is 2.19. The van der Waals surface area contributed by atoms with Crippen LogP contribution in [0.25, 0.3) is 0 Å². The zero-order valence-corrected chi connectivity index (χ0v) is 13.8. The van der Waals surface area contributed by atoms with Crippen molar-refractivity contribution in [2.45, 2.75) is 13.8 Å². The highest BCUT2D eigenvalue weighted by Gasteiger charge is 2.14. The van der Waals surface area contributed by atoms with Crippen LogP contribution in [0.2, 0.25) is 0 Å². The molecule has 7 nitrogen and oxygen atoms in total. The van der Waals surface area contributed by atoms with E-state index in [1.807, 2.05) is 13.8 Å². The summed E-state index contributed by atoms with van der Waals surface area (Å²) in [5.41, 5.74) is 0.305. The molecule has 0 atom stereocenters. The number of carbonyl (C=O) groups is 2. The summed E-state index contributed by atoms with van der Waals surface area (Å²) in [6.45, 7) is 4.90. The largest absolute Gasteiger partial charge is 0.338 e. The molecule has 0 aliphatic carbocycles. The molecule has 8 heteroatoms. The predicted octanol–water partition coefficient (Wildman–Crippen LogP) is 3.35. The molecule has 2 rings (SSSR count). The van der Waals surface area contributed by atoms with Gasteiger partial charge in [-0.05, 0) is 49.4 Å². The van der Waals surface area contributed by atoms with Gasteiger partial charge in [0.1, 0.15) is 11.4 Å². The molecule has 25 heavy (non-hydrogen) atoms. The summed E-state index contributed by atoms with van der Waals surface area (Å²) in [5, 5.41) is 5.05. The third-order valence-corrected chi connectivity index (χ3v) is 3.60. The number of aromatic nitrogens is 1. The van der Waals surface area contributed by atoms with E-state index in [1.54, 1.807) is 11.0 Å². The van der Waals surface area contributed by atoms with Crippen molar-refractivity contribution in [2.24, 2.45) is 5.18 Å². The first-order chi connectivity index (χ1) is 12.0. The minimum absolute atomic E-state index is 0.0354. The minimum atomic E-state index is -0.874. The van der Waals surface area contributed by atoms with Crippen molar-refractivity contribution < 1.29 is 14.0 Å². The van der Waals surface area contributed by atoms with Crippen molar-refractivity contribution in [1.82, 2.24) is 9.88 Å². The van der Waals surface area contributed by atoms with Gasteiger partial charge in [0.25, 0.3) is 11.8 Å². The van der Waals surface area contributed by atoms with Crippen LogP contribution in [0, 0.1) is 10.7 Å². The van der Waals surface area contributed by atoms with Crippen LogP contribution >= 0.6 is 0 Å². The maximum absolute atomic E-state index is 13.5. The van der Waals surface area contributed by atoms with Crippen molar-refractivity contribution in [3.63, 3.8) is 0 Å².